The van der Waals surface area contributed by atoms with Crippen LogP contribution in [0.1, 0.15) is 0 Å². The largest absolute Gasteiger partial charge is 0.383 e. The molecule has 0 aromatic carbocycles. The first-order valence-corrected chi connectivity index (χ1v) is 6.69. The Balaban J connectivity index is 2.42. The van der Waals surface area contributed by atoms with Gasteiger partial charge in [0.2, 0.25) is 0 Å². The number of methoxy groups -OCH3 is 1. The fraction of sp³-hybridized carbons (Fsp3) is 0.333. The highest BCUT2D eigenvalue weighted by Crippen LogP contribution is 2.32. The van der Waals surface area contributed by atoms with Gasteiger partial charge in [-0.2, -0.15) is 5.10 Å². The molecule has 0 fully saturated rings. The van der Waals surface area contributed by atoms with Gasteiger partial charge in [-0.05, 0) is 39.6 Å². The quantitative estimate of drug-likeness (QED) is 0.881. The highest BCUT2D eigenvalue weighted by Gasteiger charge is 2.12. The summed E-state index contributed by atoms with van der Waals surface area (Å²) in [7, 11) is 1.67. The second-order valence-electron chi connectivity index (χ2n) is 3.09. The van der Waals surface area contributed by atoms with Crippen molar-refractivity contribution in [2.24, 2.45) is 0 Å². The third kappa shape index (κ3) is 2.27. The van der Waals surface area contributed by atoms with E-state index in [0.717, 1.165) is 15.2 Å². The second kappa shape index (κ2) is 5.22. The lowest BCUT2D eigenvalue weighted by Gasteiger charge is -2.04. The number of nitrogens with zero attached hydrogens (tertiary/aromatic N) is 2. The van der Waals surface area contributed by atoms with E-state index in [1.54, 1.807) is 18.4 Å². The number of halogens is 1. The molecule has 0 aliphatic rings. The lowest BCUT2D eigenvalue weighted by Crippen LogP contribution is -2.05. The lowest BCUT2D eigenvalue weighted by molar-refractivity contribution is 0.187. The summed E-state index contributed by atoms with van der Waals surface area (Å²) in [5.41, 5.74) is 0. The summed E-state index contributed by atoms with van der Waals surface area (Å²) in [5, 5.41) is 9.06. The van der Waals surface area contributed by atoms with Crippen molar-refractivity contribution >= 4 is 39.5 Å². The first kappa shape index (κ1) is 12.0. The van der Waals surface area contributed by atoms with E-state index in [-0.39, 0.29) is 0 Å². The molecule has 7 heteroatoms. The zero-order chi connectivity index (χ0) is 11.5. The molecule has 0 bridgehead atoms. The van der Waals surface area contributed by atoms with Gasteiger partial charge in [-0.1, -0.05) is 0 Å². The van der Waals surface area contributed by atoms with E-state index in [1.165, 1.54) is 0 Å². The smallest absolute Gasteiger partial charge is 0.195 e. The van der Waals surface area contributed by atoms with Gasteiger partial charge in [-0.3, -0.25) is 9.67 Å². The Labute approximate surface area is 110 Å². The Morgan fingerprint density at radius 3 is 3.12 bits per heavy atom. The Morgan fingerprint density at radius 1 is 1.69 bits per heavy atom. The van der Waals surface area contributed by atoms with Crippen LogP contribution in [0, 0.1) is 4.77 Å². The van der Waals surface area contributed by atoms with E-state index in [0.29, 0.717) is 17.9 Å². The summed E-state index contributed by atoms with van der Waals surface area (Å²) in [5.74, 6) is 0.851. The van der Waals surface area contributed by atoms with Gasteiger partial charge in [-0.15, -0.1) is 11.3 Å². The van der Waals surface area contributed by atoms with Gasteiger partial charge in [0.05, 0.1) is 18.0 Å². The van der Waals surface area contributed by atoms with Crippen LogP contribution in [0.15, 0.2) is 15.9 Å². The predicted octanol–water partition coefficient (Wildman–Crippen LogP) is 3.08. The van der Waals surface area contributed by atoms with Gasteiger partial charge in [0.1, 0.15) is 0 Å². The molecule has 0 unspecified atom stereocenters. The molecule has 2 aromatic heterocycles. The molecular weight excluding hydrogens is 310 g/mol. The number of thiophene rings is 1. The van der Waals surface area contributed by atoms with Crippen molar-refractivity contribution < 1.29 is 4.74 Å². The van der Waals surface area contributed by atoms with Gasteiger partial charge in [0, 0.05) is 11.6 Å². The standard InChI is InChI=1S/C9H10BrN3OS2/c1-14-4-3-13-8(11-12-9(13)15)7-6(10)2-5-16-7/h2,5H,3-4H2,1H3,(H,12,15). The first-order chi connectivity index (χ1) is 7.74. The number of aromatic amines is 1. The van der Waals surface area contributed by atoms with Crippen molar-refractivity contribution in [1.29, 1.82) is 0 Å². The predicted molar refractivity (Wildman–Crippen MR) is 70.3 cm³/mol. The van der Waals surface area contributed by atoms with Gasteiger partial charge >= 0.3 is 0 Å². The molecule has 0 aliphatic carbocycles. The summed E-state index contributed by atoms with van der Waals surface area (Å²) in [4.78, 5) is 1.07. The molecule has 0 saturated carbocycles. The monoisotopic (exact) mass is 319 g/mol. The normalized spacial score (nSPS) is 10.9. The van der Waals surface area contributed by atoms with E-state index in [2.05, 4.69) is 26.1 Å². The van der Waals surface area contributed by atoms with E-state index < -0.39 is 0 Å². The Bertz CT molecular complexity index is 531. The summed E-state index contributed by atoms with van der Waals surface area (Å²) in [6, 6.07) is 2.00. The van der Waals surface area contributed by atoms with E-state index >= 15 is 0 Å². The molecule has 0 atom stereocenters. The number of H-pyrrole nitrogens is 1. The van der Waals surface area contributed by atoms with Gasteiger partial charge in [0.25, 0.3) is 0 Å². The summed E-state index contributed by atoms with van der Waals surface area (Å²) in [6.45, 7) is 1.31. The topological polar surface area (TPSA) is 42.8 Å². The lowest BCUT2D eigenvalue weighted by atomic mass is 10.4. The molecule has 16 heavy (non-hydrogen) atoms. The molecule has 2 heterocycles. The number of hydrogen-bond donors (Lipinski definition) is 1. The van der Waals surface area contributed by atoms with Gasteiger partial charge in [0.15, 0.2) is 10.6 Å². The molecule has 0 amide bonds. The highest BCUT2D eigenvalue weighted by molar-refractivity contribution is 9.10. The van der Waals surface area contributed by atoms with E-state index in [4.69, 9.17) is 17.0 Å². The maximum Gasteiger partial charge on any atom is 0.195 e. The zero-order valence-electron chi connectivity index (χ0n) is 8.57. The van der Waals surface area contributed by atoms with Crippen molar-refractivity contribution in [1.82, 2.24) is 14.8 Å². The Kier molecular flexibility index (Phi) is 3.91. The van der Waals surface area contributed by atoms with Crippen molar-refractivity contribution in [3.05, 3.63) is 20.7 Å². The number of nitrogens with one attached hydrogen (secondary N) is 1. The number of rotatable bonds is 4. The molecule has 86 valence electrons. The number of hydrogen-bond acceptors (Lipinski definition) is 4. The van der Waals surface area contributed by atoms with Crippen LogP contribution in [0.3, 0.4) is 0 Å². The second-order valence-corrected chi connectivity index (χ2v) is 5.25. The van der Waals surface area contributed by atoms with E-state index in [1.807, 2.05) is 16.0 Å². The third-order valence-electron chi connectivity index (χ3n) is 2.10. The average Bonchev–Trinajstić information content (AvgIpc) is 2.82. The molecule has 0 radical (unpaired) electrons. The highest BCUT2D eigenvalue weighted by atomic mass is 79.9. The molecule has 0 saturated heterocycles. The van der Waals surface area contributed by atoms with Crippen LogP contribution in [0.2, 0.25) is 0 Å². The van der Waals surface area contributed by atoms with Crippen LogP contribution < -0.4 is 0 Å². The van der Waals surface area contributed by atoms with Gasteiger partial charge < -0.3 is 4.74 Å². The van der Waals surface area contributed by atoms with Crippen LogP contribution in [0.4, 0.5) is 0 Å². The van der Waals surface area contributed by atoms with Crippen LogP contribution >= 0.6 is 39.5 Å². The maximum absolute atomic E-state index is 5.18. The average molecular weight is 320 g/mol. The molecule has 2 rings (SSSR count). The minimum Gasteiger partial charge on any atom is -0.383 e. The van der Waals surface area contributed by atoms with Crippen LogP contribution in [0.25, 0.3) is 10.7 Å². The summed E-state index contributed by atoms with van der Waals surface area (Å²) >= 11 is 10.3. The number of ether oxygens (including phenoxy) is 1. The fourth-order valence-corrected chi connectivity index (χ4v) is 3.10. The SMILES string of the molecule is COCCn1c(-c2sccc2Br)n[nH]c1=S. The van der Waals surface area contributed by atoms with Crippen molar-refractivity contribution in [3.8, 4) is 10.7 Å². The van der Waals surface area contributed by atoms with Gasteiger partial charge in [-0.25, -0.2) is 0 Å². The van der Waals surface area contributed by atoms with Crippen molar-refractivity contribution in [2.45, 2.75) is 6.54 Å². The molecular formula is C9H10BrN3OS2. The van der Waals surface area contributed by atoms with Crippen molar-refractivity contribution in [3.63, 3.8) is 0 Å². The molecule has 1 N–H and O–H groups in total. The first-order valence-electron chi connectivity index (χ1n) is 4.61. The Hall–Kier alpha value is -0.500. The maximum atomic E-state index is 5.18. The fourth-order valence-electron chi connectivity index (χ4n) is 1.33. The van der Waals surface area contributed by atoms with Crippen LogP contribution in [-0.2, 0) is 11.3 Å². The van der Waals surface area contributed by atoms with Crippen molar-refractivity contribution in [2.75, 3.05) is 13.7 Å². The molecule has 4 nitrogen and oxygen atoms in total. The zero-order valence-corrected chi connectivity index (χ0v) is 11.8. The molecule has 2 aromatic rings. The minimum absolute atomic E-state index is 0.615. The van der Waals surface area contributed by atoms with Crippen LogP contribution in [0.5, 0.6) is 0 Å². The number of aromatic nitrogens is 3. The summed E-state index contributed by atoms with van der Waals surface area (Å²) in [6.07, 6.45) is 0. The molecule has 0 aliphatic heterocycles. The summed E-state index contributed by atoms with van der Waals surface area (Å²) < 4.78 is 8.65. The third-order valence-corrected chi connectivity index (χ3v) is 4.24. The minimum atomic E-state index is 0.615. The van der Waals surface area contributed by atoms with E-state index in [9.17, 15) is 0 Å². The molecule has 0 spiro atoms. The van der Waals surface area contributed by atoms with Crippen LogP contribution in [-0.4, -0.2) is 28.5 Å². The Morgan fingerprint density at radius 2 is 2.50 bits per heavy atom.